The fourth-order valence-corrected chi connectivity index (χ4v) is 1.98. The van der Waals surface area contributed by atoms with Gasteiger partial charge in [-0.3, -0.25) is 4.79 Å². The number of ether oxygens (including phenoxy) is 1. The Morgan fingerprint density at radius 1 is 1.12 bits per heavy atom. The second-order valence-corrected chi connectivity index (χ2v) is 5.24. The number of hydrogen-bond acceptors (Lipinski definition) is 3. The summed E-state index contributed by atoms with van der Waals surface area (Å²) in [6, 6.07) is 0.187. The van der Waals surface area contributed by atoms with Crippen molar-refractivity contribution in [2.24, 2.45) is 17.8 Å². The molecule has 0 saturated heterocycles. The molecule has 0 bridgehead atoms. The molecule has 0 saturated carbocycles. The van der Waals surface area contributed by atoms with E-state index >= 15 is 0 Å². The Bertz CT molecular complexity index is 194. The zero-order valence-electron chi connectivity index (χ0n) is 11.5. The standard InChI is InChI=1S/C13H27NO2/c1-9(2)12(10(3)4)8-14-11(5)7-13(15)16-6/h9-12,14H,7-8H2,1-6H3. The van der Waals surface area contributed by atoms with Crippen molar-refractivity contribution in [2.75, 3.05) is 13.7 Å². The lowest BCUT2D eigenvalue weighted by Gasteiger charge is -2.26. The summed E-state index contributed by atoms with van der Waals surface area (Å²) in [7, 11) is 1.43. The van der Waals surface area contributed by atoms with Crippen LogP contribution in [0.2, 0.25) is 0 Å². The molecule has 96 valence electrons. The highest BCUT2D eigenvalue weighted by atomic mass is 16.5. The third-order valence-electron chi connectivity index (χ3n) is 3.12. The predicted molar refractivity (Wildman–Crippen MR) is 67.3 cm³/mol. The van der Waals surface area contributed by atoms with Gasteiger partial charge in [-0.15, -0.1) is 0 Å². The molecular formula is C13H27NO2. The van der Waals surface area contributed by atoms with Crippen molar-refractivity contribution in [2.45, 2.75) is 47.1 Å². The lowest BCUT2D eigenvalue weighted by atomic mass is 9.85. The van der Waals surface area contributed by atoms with Crippen LogP contribution in [-0.2, 0) is 9.53 Å². The van der Waals surface area contributed by atoms with E-state index in [0.29, 0.717) is 24.2 Å². The van der Waals surface area contributed by atoms with Crippen molar-refractivity contribution >= 4 is 5.97 Å². The lowest BCUT2D eigenvalue weighted by Crippen LogP contribution is -2.36. The van der Waals surface area contributed by atoms with Crippen LogP contribution in [0.4, 0.5) is 0 Å². The number of hydrogen-bond donors (Lipinski definition) is 1. The van der Waals surface area contributed by atoms with E-state index in [4.69, 9.17) is 0 Å². The number of esters is 1. The molecule has 0 aromatic rings. The second-order valence-electron chi connectivity index (χ2n) is 5.24. The third-order valence-corrected chi connectivity index (χ3v) is 3.12. The second kappa shape index (κ2) is 7.66. The summed E-state index contributed by atoms with van der Waals surface area (Å²) in [5, 5.41) is 3.41. The molecule has 0 spiro atoms. The highest BCUT2D eigenvalue weighted by Crippen LogP contribution is 2.19. The molecule has 3 nitrogen and oxygen atoms in total. The first-order valence-electron chi connectivity index (χ1n) is 6.18. The third kappa shape index (κ3) is 6.11. The van der Waals surface area contributed by atoms with Crippen LogP contribution >= 0.6 is 0 Å². The average molecular weight is 229 g/mol. The van der Waals surface area contributed by atoms with Crippen molar-refractivity contribution in [3.8, 4) is 0 Å². The van der Waals surface area contributed by atoms with E-state index in [2.05, 4.69) is 37.7 Å². The van der Waals surface area contributed by atoms with Gasteiger partial charge in [0.1, 0.15) is 0 Å². The first-order chi connectivity index (χ1) is 7.38. The Morgan fingerprint density at radius 3 is 2.00 bits per heavy atom. The first-order valence-corrected chi connectivity index (χ1v) is 6.18. The predicted octanol–water partition coefficient (Wildman–Crippen LogP) is 2.46. The number of carbonyl (C=O) groups excluding carboxylic acids is 1. The molecule has 0 aliphatic rings. The van der Waals surface area contributed by atoms with Gasteiger partial charge in [0.15, 0.2) is 0 Å². The van der Waals surface area contributed by atoms with Crippen molar-refractivity contribution in [3.63, 3.8) is 0 Å². The Labute approximate surface area is 99.9 Å². The normalized spacial score (nSPS) is 13.6. The van der Waals surface area contributed by atoms with Gasteiger partial charge in [0.2, 0.25) is 0 Å². The van der Waals surface area contributed by atoms with Crippen LogP contribution in [0.5, 0.6) is 0 Å². The minimum absolute atomic E-state index is 0.148. The highest BCUT2D eigenvalue weighted by molar-refractivity contribution is 5.69. The van der Waals surface area contributed by atoms with Crippen LogP contribution in [0.15, 0.2) is 0 Å². The van der Waals surface area contributed by atoms with Gasteiger partial charge in [-0.05, 0) is 31.2 Å². The monoisotopic (exact) mass is 229 g/mol. The fourth-order valence-electron chi connectivity index (χ4n) is 1.98. The smallest absolute Gasteiger partial charge is 0.307 e. The van der Waals surface area contributed by atoms with Gasteiger partial charge >= 0.3 is 5.97 Å². The van der Waals surface area contributed by atoms with Crippen LogP contribution in [-0.4, -0.2) is 25.7 Å². The maximum atomic E-state index is 11.1. The molecule has 0 aromatic heterocycles. The zero-order valence-corrected chi connectivity index (χ0v) is 11.5. The summed E-state index contributed by atoms with van der Waals surface area (Å²) >= 11 is 0. The maximum Gasteiger partial charge on any atom is 0.307 e. The van der Waals surface area contributed by atoms with E-state index in [-0.39, 0.29) is 12.0 Å². The van der Waals surface area contributed by atoms with Gasteiger partial charge in [0.05, 0.1) is 13.5 Å². The Hall–Kier alpha value is -0.570. The SMILES string of the molecule is COC(=O)CC(C)NCC(C(C)C)C(C)C. The molecule has 1 unspecified atom stereocenters. The topological polar surface area (TPSA) is 38.3 Å². The Morgan fingerprint density at radius 2 is 1.62 bits per heavy atom. The zero-order chi connectivity index (χ0) is 12.7. The van der Waals surface area contributed by atoms with Crippen LogP contribution in [0.1, 0.15) is 41.0 Å². The minimum Gasteiger partial charge on any atom is -0.469 e. The van der Waals surface area contributed by atoms with Gasteiger partial charge < -0.3 is 10.1 Å². The average Bonchev–Trinajstić information content (AvgIpc) is 2.16. The van der Waals surface area contributed by atoms with Gasteiger partial charge in [-0.1, -0.05) is 27.7 Å². The van der Waals surface area contributed by atoms with Gasteiger partial charge in [0, 0.05) is 6.04 Å². The van der Waals surface area contributed by atoms with Gasteiger partial charge in [-0.25, -0.2) is 0 Å². The van der Waals surface area contributed by atoms with Crippen LogP contribution in [0.25, 0.3) is 0 Å². The van der Waals surface area contributed by atoms with E-state index < -0.39 is 0 Å². The Kier molecular flexibility index (Phi) is 7.39. The number of nitrogens with one attached hydrogen (secondary N) is 1. The maximum absolute atomic E-state index is 11.1. The van der Waals surface area contributed by atoms with Crippen molar-refractivity contribution in [1.82, 2.24) is 5.32 Å². The molecule has 0 radical (unpaired) electrons. The minimum atomic E-state index is -0.148. The molecule has 0 fully saturated rings. The molecule has 3 heteroatoms. The van der Waals surface area contributed by atoms with Gasteiger partial charge in [-0.2, -0.15) is 0 Å². The fraction of sp³-hybridized carbons (Fsp3) is 0.923. The van der Waals surface area contributed by atoms with E-state index in [9.17, 15) is 4.79 Å². The van der Waals surface area contributed by atoms with E-state index in [0.717, 1.165) is 6.54 Å². The van der Waals surface area contributed by atoms with Crippen LogP contribution in [0.3, 0.4) is 0 Å². The highest BCUT2D eigenvalue weighted by Gasteiger charge is 2.18. The summed E-state index contributed by atoms with van der Waals surface area (Å²) in [5.74, 6) is 1.83. The number of carbonyl (C=O) groups is 1. The molecule has 0 aromatic carbocycles. The summed E-state index contributed by atoms with van der Waals surface area (Å²) in [6.45, 7) is 12.0. The number of rotatable bonds is 7. The van der Waals surface area contributed by atoms with Crippen molar-refractivity contribution < 1.29 is 9.53 Å². The molecular weight excluding hydrogens is 202 g/mol. The van der Waals surface area contributed by atoms with Gasteiger partial charge in [0.25, 0.3) is 0 Å². The molecule has 1 N–H and O–H groups in total. The Balaban J connectivity index is 3.96. The van der Waals surface area contributed by atoms with Crippen molar-refractivity contribution in [1.29, 1.82) is 0 Å². The van der Waals surface area contributed by atoms with Crippen molar-refractivity contribution in [3.05, 3.63) is 0 Å². The summed E-state index contributed by atoms with van der Waals surface area (Å²) < 4.78 is 4.64. The molecule has 16 heavy (non-hydrogen) atoms. The summed E-state index contributed by atoms with van der Waals surface area (Å²) in [5.41, 5.74) is 0. The molecule has 0 heterocycles. The first kappa shape index (κ1) is 15.4. The van der Waals surface area contributed by atoms with Crippen LogP contribution in [0, 0.1) is 17.8 Å². The lowest BCUT2D eigenvalue weighted by molar-refractivity contribution is -0.141. The quantitative estimate of drug-likeness (QED) is 0.681. The number of methoxy groups -OCH3 is 1. The van der Waals surface area contributed by atoms with Crippen LogP contribution < -0.4 is 5.32 Å². The summed E-state index contributed by atoms with van der Waals surface area (Å²) in [4.78, 5) is 11.1. The van der Waals surface area contributed by atoms with E-state index in [1.807, 2.05) is 6.92 Å². The molecule has 0 aliphatic carbocycles. The molecule has 0 aliphatic heterocycles. The summed E-state index contributed by atoms with van der Waals surface area (Å²) in [6.07, 6.45) is 0.444. The molecule has 0 rings (SSSR count). The largest absolute Gasteiger partial charge is 0.469 e. The molecule has 1 atom stereocenters. The van der Waals surface area contributed by atoms with E-state index in [1.54, 1.807) is 0 Å². The van der Waals surface area contributed by atoms with E-state index in [1.165, 1.54) is 7.11 Å². The molecule has 0 amide bonds.